The van der Waals surface area contributed by atoms with Crippen LogP contribution in [-0.2, 0) is 16.0 Å². The number of hydrogen-bond acceptors (Lipinski definition) is 5. The van der Waals surface area contributed by atoms with Gasteiger partial charge in [0, 0.05) is 45.3 Å². The number of nitrogens with two attached hydrogens (primary N) is 1. The maximum Gasteiger partial charge on any atom is 0.0772 e. The third kappa shape index (κ3) is 7.04. The van der Waals surface area contributed by atoms with Crippen molar-refractivity contribution in [2.24, 2.45) is 5.73 Å². The predicted octanol–water partition coefficient (Wildman–Crippen LogP) is 1.54. The number of rotatable bonds is 9. The summed E-state index contributed by atoms with van der Waals surface area (Å²) in [7, 11) is 3.47. The number of nitrogens with zero attached hydrogens (tertiary/aromatic N) is 1. The molecule has 0 unspecified atom stereocenters. The SMILES string of the molecule is COCCCN(CCOC)Cc1ccc(C#CCN)s1. The molecular weight excluding hydrogens is 272 g/mol. The second-order valence-corrected chi connectivity index (χ2v) is 5.56. The molecular formula is C15H24N2O2S. The lowest BCUT2D eigenvalue weighted by Gasteiger charge is -2.20. The Bertz CT molecular complexity index is 423. The van der Waals surface area contributed by atoms with E-state index in [9.17, 15) is 0 Å². The van der Waals surface area contributed by atoms with E-state index < -0.39 is 0 Å². The summed E-state index contributed by atoms with van der Waals surface area (Å²) in [5.74, 6) is 5.96. The van der Waals surface area contributed by atoms with Gasteiger partial charge in [0.2, 0.25) is 0 Å². The highest BCUT2D eigenvalue weighted by atomic mass is 32.1. The van der Waals surface area contributed by atoms with Crippen LogP contribution in [0.1, 0.15) is 16.2 Å². The summed E-state index contributed by atoms with van der Waals surface area (Å²) in [4.78, 5) is 4.78. The molecule has 0 aliphatic rings. The van der Waals surface area contributed by atoms with Crippen molar-refractivity contribution in [1.29, 1.82) is 0 Å². The standard InChI is InChI=1S/C15H24N2O2S/c1-18-11-4-9-17(10-12-19-2)13-15-7-6-14(20-15)5-3-8-16/h6-7H,4,8-13,16H2,1-2H3. The summed E-state index contributed by atoms with van der Waals surface area (Å²) in [5.41, 5.74) is 5.38. The van der Waals surface area contributed by atoms with E-state index in [0.29, 0.717) is 6.54 Å². The molecule has 0 atom stereocenters. The van der Waals surface area contributed by atoms with Crippen LogP contribution in [0.15, 0.2) is 12.1 Å². The van der Waals surface area contributed by atoms with E-state index in [1.807, 2.05) is 0 Å². The lowest BCUT2D eigenvalue weighted by molar-refractivity contribution is 0.130. The van der Waals surface area contributed by atoms with Gasteiger partial charge in [0.1, 0.15) is 0 Å². The van der Waals surface area contributed by atoms with Crippen molar-refractivity contribution >= 4 is 11.3 Å². The van der Waals surface area contributed by atoms with Gasteiger partial charge in [-0.2, -0.15) is 0 Å². The number of methoxy groups -OCH3 is 2. The number of hydrogen-bond donors (Lipinski definition) is 1. The van der Waals surface area contributed by atoms with E-state index in [-0.39, 0.29) is 0 Å². The van der Waals surface area contributed by atoms with Crippen LogP contribution < -0.4 is 5.73 Å². The molecule has 0 fully saturated rings. The molecule has 1 aromatic heterocycles. The summed E-state index contributed by atoms with van der Waals surface area (Å²) in [6, 6.07) is 4.20. The van der Waals surface area contributed by atoms with E-state index in [0.717, 1.165) is 44.1 Å². The number of thiophene rings is 1. The van der Waals surface area contributed by atoms with Gasteiger partial charge in [0.05, 0.1) is 18.0 Å². The fourth-order valence-corrected chi connectivity index (χ4v) is 2.74. The van der Waals surface area contributed by atoms with Gasteiger partial charge in [-0.15, -0.1) is 11.3 Å². The third-order valence-corrected chi connectivity index (χ3v) is 3.77. The Morgan fingerprint density at radius 3 is 2.70 bits per heavy atom. The Labute approximate surface area is 125 Å². The van der Waals surface area contributed by atoms with Crippen molar-refractivity contribution in [1.82, 2.24) is 4.90 Å². The van der Waals surface area contributed by atoms with E-state index in [2.05, 4.69) is 28.9 Å². The summed E-state index contributed by atoms with van der Waals surface area (Å²) in [5, 5.41) is 0. The molecule has 0 saturated carbocycles. The average molecular weight is 296 g/mol. The first-order valence-electron chi connectivity index (χ1n) is 6.78. The van der Waals surface area contributed by atoms with Crippen LogP contribution in [-0.4, -0.2) is 52.0 Å². The molecule has 1 aromatic rings. The van der Waals surface area contributed by atoms with E-state index >= 15 is 0 Å². The average Bonchev–Trinajstić information content (AvgIpc) is 2.90. The van der Waals surface area contributed by atoms with Crippen molar-refractivity contribution in [3.63, 3.8) is 0 Å². The van der Waals surface area contributed by atoms with E-state index in [1.165, 1.54) is 4.88 Å². The molecule has 2 N–H and O–H groups in total. The first-order valence-corrected chi connectivity index (χ1v) is 7.59. The molecule has 0 saturated heterocycles. The first kappa shape index (κ1) is 17.2. The lowest BCUT2D eigenvalue weighted by atomic mass is 10.3. The van der Waals surface area contributed by atoms with Crippen LogP contribution in [0.4, 0.5) is 0 Å². The lowest BCUT2D eigenvalue weighted by Crippen LogP contribution is -2.28. The highest BCUT2D eigenvalue weighted by Gasteiger charge is 2.07. The zero-order valence-electron chi connectivity index (χ0n) is 12.4. The fourth-order valence-electron chi connectivity index (χ4n) is 1.81. The highest BCUT2D eigenvalue weighted by molar-refractivity contribution is 7.12. The minimum atomic E-state index is 0.407. The minimum absolute atomic E-state index is 0.407. The maximum absolute atomic E-state index is 5.38. The molecule has 0 radical (unpaired) electrons. The minimum Gasteiger partial charge on any atom is -0.385 e. The summed E-state index contributed by atoms with van der Waals surface area (Å²) in [6.45, 7) is 4.83. The summed E-state index contributed by atoms with van der Waals surface area (Å²) < 4.78 is 10.3. The van der Waals surface area contributed by atoms with Gasteiger partial charge in [-0.1, -0.05) is 11.8 Å². The normalized spacial score (nSPS) is 10.6. The molecule has 5 heteroatoms. The van der Waals surface area contributed by atoms with Crippen molar-refractivity contribution in [2.75, 3.05) is 47.1 Å². The van der Waals surface area contributed by atoms with Crippen LogP contribution in [0.2, 0.25) is 0 Å². The highest BCUT2D eigenvalue weighted by Crippen LogP contribution is 2.17. The first-order chi connectivity index (χ1) is 9.80. The Morgan fingerprint density at radius 1 is 1.20 bits per heavy atom. The molecule has 0 bridgehead atoms. The Balaban J connectivity index is 2.51. The zero-order chi connectivity index (χ0) is 14.6. The predicted molar refractivity (Wildman–Crippen MR) is 83.9 cm³/mol. The van der Waals surface area contributed by atoms with Crippen LogP contribution in [0, 0.1) is 11.8 Å². The topological polar surface area (TPSA) is 47.7 Å². The van der Waals surface area contributed by atoms with Crippen LogP contribution in [0.3, 0.4) is 0 Å². The van der Waals surface area contributed by atoms with Gasteiger partial charge in [-0.3, -0.25) is 4.90 Å². The van der Waals surface area contributed by atoms with Gasteiger partial charge in [-0.25, -0.2) is 0 Å². The molecule has 112 valence electrons. The van der Waals surface area contributed by atoms with E-state index in [1.54, 1.807) is 25.6 Å². The Kier molecular flexibility index (Phi) is 9.29. The number of ether oxygens (including phenoxy) is 2. The molecule has 0 aliphatic carbocycles. The smallest absolute Gasteiger partial charge is 0.0772 e. The van der Waals surface area contributed by atoms with Crippen molar-refractivity contribution in [3.8, 4) is 11.8 Å². The summed E-state index contributed by atoms with van der Waals surface area (Å²) in [6.07, 6.45) is 1.03. The molecule has 0 spiro atoms. The molecule has 0 aliphatic heterocycles. The van der Waals surface area contributed by atoms with Crippen LogP contribution >= 0.6 is 11.3 Å². The molecule has 1 heterocycles. The molecule has 0 amide bonds. The van der Waals surface area contributed by atoms with Gasteiger partial charge < -0.3 is 15.2 Å². The van der Waals surface area contributed by atoms with Crippen LogP contribution in [0.5, 0.6) is 0 Å². The Morgan fingerprint density at radius 2 is 2.00 bits per heavy atom. The molecule has 20 heavy (non-hydrogen) atoms. The monoisotopic (exact) mass is 296 g/mol. The quantitative estimate of drug-likeness (QED) is 0.555. The van der Waals surface area contributed by atoms with Gasteiger partial charge >= 0.3 is 0 Å². The largest absolute Gasteiger partial charge is 0.385 e. The fraction of sp³-hybridized carbons (Fsp3) is 0.600. The molecule has 1 rings (SSSR count). The van der Waals surface area contributed by atoms with Crippen LogP contribution in [0.25, 0.3) is 0 Å². The van der Waals surface area contributed by atoms with Crippen molar-refractivity contribution in [2.45, 2.75) is 13.0 Å². The van der Waals surface area contributed by atoms with Crippen molar-refractivity contribution in [3.05, 3.63) is 21.9 Å². The van der Waals surface area contributed by atoms with Crippen molar-refractivity contribution < 1.29 is 9.47 Å². The molecule has 0 aromatic carbocycles. The third-order valence-electron chi connectivity index (χ3n) is 2.79. The second-order valence-electron chi connectivity index (χ2n) is 4.39. The summed E-state index contributed by atoms with van der Waals surface area (Å²) >= 11 is 1.73. The Hall–Kier alpha value is -0.900. The zero-order valence-corrected chi connectivity index (χ0v) is 13.2. The van der Waals surface area contributed by atoms with Gasteiger partial charge in [-0.05, 0) is 18.6 Å². The van der Waals surface area contributed by atoms with Gasteiger partial charge in [0.25, 0.3) is 0 Å². The maximum atomic E-state index is 5.38. The van der Waals surface area contributed by atoms with Gasteiger partial charge in [0.15, 0.2) is 0 Å². The second kappa shape index (κ2) is 10.8. The molecule has 4 nitrogen and oxygen atoms in total. The van der Waals surface area contributed by atoms with E-state index in [4.69, 9.17) is 15.2 Å².